The summed E-state index contributed by atoms with van der Waals surface area (Å²) < 4.78 is 23.0. The van der Waals surface area contributed by atoms with Gasteiger partial charge in [-0.25, -0.2) is 0 Å². The molecule has 5 heteroatoms. The lowest BCUT2D eigenvalue weighted by Gasteiger charge is -2.26. The van der Waals surface area contributed by atoms with E-state index in [0.717, 1.165) is 61.0 Å². The molecular weight excluding hydrogens is 378 g/mol. The summed E-state index contributed by atoms with van der Waals surface area (Å²) in [5, 5.41) is 3.61. The van der Waals surface area contributed by atoms with Gasteiger partial charge in [0.15, 0.2) is 23.0 Å². The number of methoxy groups -OCH3 is 1. The number of unbranched alkanes of at least 4 members (excludes halogenated alkanes) is 1. The minimum Gasteiger partial charge on any atom is -0.493 e. The first kappa shape index (κ1) is 20.6. The normalized spacial score (nSPS) is 17.6. The van der Waals surface area contributed by atoms with E-state index in [9.17, 15) is 0 Å². The van der Waals surface area contributed by atoms with E-state index < -0.39 is 0 Å². The summed E-state index contributed by atoms with van der Waals surface area (Å²) in [6, 6.07) is 8.52. The van der Waals surface area contributed by atoms with Crippen LogP contribution in [0.1, 0.15) is 48.1 Å². The molecule has 2 aliphatic rings. The van der Waals surface area contributed by atoms with Gasteiger partial charge in [0.25, 0.3) is 0 Å². The van der Waals surface area contributed by atoms with E-state index in [0.29, 0.717) is 13.2 Å². The van der Waals surface area contributed by atoms with Crippen molar-refractivity contribution in [2.45, 2.75) is 39.2 Å². The summed E-state index contributed by atoms with van der Waals surface area (Å²) in [4.78, 5) is 0. The van der Waals surface area contributed by atoms with Crippen LogP contribution >= 0.6 is 0 Å². The predicted octanol–water partition coefficient (Wildman–Crippen LogP) is 4.85. The smallest absolute Gasteiger partial charge is 0.161 e. The van der Waals surface area contributed by atoms with Gasteiger partial charge in [0.2, 0.25) is 0 Å². The monoisotopic (exact) mass is 409 g/mol. The molecular formula is C25H31NO4. The van der Waals surface area contributed by atoms with Gasteiger partial charge in [0, 0.05) is 6.54 Å². The third-order valence-corrected chi connectivity index (χ3v) is 5.67. The fourth-order valence-electron chi connectivity index (χ4n) is 3.95. The second-order valence-electron chi connectivity index (χ2n) is 7.80. The topological polar surface area (TPSA) is 49.0 Å². The summed E-state index contributed by atoms with van der Waals surface area (Å²) in [5.41, 5.74) is 4.87. The van der Waals surface area contributed by atoms with Crippen LogP contribution in [0.15, 0.2) is 30.3 Å². The molecule has 0 saturated heterocycles. The van der Waals surface area contributed by atoms with Gasteiger partial charge in [-0.05, 0) is 66.3 Å². The van der Waals surface area contributed by atoms with E-state index in [1.165, 1.54) is 16.7 Å². The fraction of sp³-hybridized carbons (Fsp3) is 0.440. The fourth-order valence-corrected chi connectivity index (χ4v) is 3.95. The number of hydrogen-bond donors (Lipinski definition) is 1. The number of hydrogen-bond acceptors (Lipinski definition) is 5. The Bertz CT molecular complexity index is 922. The largest absolute Gasteiger partial charge is 0.493 e. The van der Waals surface area contributed by atoms with E-state index in [1.54, 1.807) is 7.11 Å². The third kappa shape index (κ3) is 4.41. The van der Waals surface area contributed by atoms with Crippen LogP contribution in [0.2, 0.25) is 0 Å². The molecule has 2 aromatic rings. The zero-order valence-electron chi connectivity index (χ0n) is 18.1. The lowest BCUT2D eigenvalue weighted by Crippen LogP contribution is -2.28. The van der Waals surface area contributed by atoms with Gasteiger partial charge in [0.05, 0.1) is 19.8 Å². The van der Waals surface area contributed by atoms with E-state index in [1.807, 2.05) is 0 Å². The minimum absolute atomic E-state index is 0.125. The zero-order valence-corrected chi connectivity index (χ0v) is 18.1. The van der Waals surface area contributed by atoms with Crippen molar-refractivity contribution in [3.8, 4) is 23.0 Å². The number of aryl methyl sites for hydroxylation is 1. The summed E-state index contributed by atoms with van der Waals surface area (Å²) in [5.74, 6) is 3.29. The second kappa shape index (κ2) is 9.43. The van der Waals surface area contributed by atoms with Crippen LogP contribution in [0.3, 0.4) is 0 Å². The van der Waals surface area contributed by atoms with Gasteiger partial charge < -0.3 is 24.3 Å². The molecule has 0 radical (unpaired) electrons. The SMILES string of the molecule is CCCCOc1cc2c(cc1OC)C(/C=C/c1cc3c(cc1C)OCCO3)NCC2. The Morgan fingerprint density at radius 2 is 1.90 bits per heavy atom. The summed E-state index contributed by atoms with van der Waals surface area (Å²) in [6.45, 7) is 7.12. The van der Waals surface area contributed by atoms with Crippen molar-refractivity contribution >= 4 is 6.08 Å². The molecule has 0 amide bonds. The molecule has 0 spiro atoms. The molecule has 2 aliphatic heterocycles. The number of rotatable bonds is 7. The summed E-state index contributed by atoms with van der Waals surface area (Å²) in [6.07, 6.45) is 7.52. The van der Waals surface area contributed by atoms with Crippen molar-refractivity contribution in [3.63, 3.8) is 0 Å². The molecule has 0 aromatic heterocycles. The maximum atomic E-state index is 5.98. The molecule has 5 nitrogen and oxygen atoms in total. The lowest BCUT2D eigenvalue weighted by molar-refractivity contribution is 0.171. The Labute approximate surface area is 179 Å². The molecule has 0 bridgehead atoms. The molecule has 2 heterocycles. The van der Waals surface area contributed by atoms with E-state index in [2.05, 4.69) is 55.6 Å². The third-order valence-electron chi connectivity index (χ3n) is 5.67. The number of fused-ring (bicyclic) bond motifs is 2. The average molecular weight is 410 g/mol. The first-order valence-electron chi connectivity index (χ1n) is 10.8. The van der Waals surface area contributed by atoms with Crippen LogP contribution in [-0.4, -0.2) is 33.5 Å². The van der Waals surface area contributed by atoms with Crippen LogP contribution in [-0.2, 0) is 6.42 Å². The summed E-state index contributed by atoms with van der Waals surface area (Å²) >= 11 is 0. The average Bonchev–Trinajstić information content (AvgIpc) is 2.77. The molecule has 0 aliphatic carbocycles. The zero-order chi connectivity index (χ0) is 20.9. The highest BCUT2D eigenvalue weighted by Crippen LogP contribution is 2.37. The highest BCUT2D eigenvalue weighted by atomic mass is 16.6. The first-order chi connectivity index (χ1) is 14.7. The molecule has 1 unspecified atom stereocenters. The highest BCUT2D eigenvalue weighted by Gasteiger charge is 2.21. The standard InChI is InChI=1S/C25H31NO4/c1-4-5-10-28-24-15-19-8-9-26-21(20(19)16-22(24)27-3)7-6-18-14-25-23(13-17(18)2)29-11-12-30-25/h6-7,13-16,21,26H,4-5,8-12H2,1-3H3/b7-6+. The van der Waals surface area contributed by atoms with Crippen molar-refractivity contribution in [3.05, 3.63) is 52.6 Å². The predicted molar refractivity (Wildman–Crippen MR) is 119 cm³/mol. The molecule has 1 N–H and O–H groups in total. The Balaban J connectivity index is 1.58. The Hall–Kier alpha value is -2.66. The maximum Gasteiger partial charge on any atom is 0.161 e. The van der Waals surface area contributed by atoms with Crippen molar-refractivity contribution in [2.75, 3.05) is 33.5 Å². The van der Waals surface area contributed by atoms with Gasteiger partial charge in [-0.2, -0.15) is 0 Å². The van der Waals surface area contributed by atoms with Crippen molar-refractivity contribution in [1.82, 2.24) is 5.32 Å². The highest BCUT2D eigenvalue weighted by molar-refractivity contribution is 5.61. The van der Waals surface area contributed by atoms with Gasteiger partial charge in [-0.1, -0.05) is 25.5 Å². The van der Waals surface area contributed by atoms with Crippen molar-refractivity contribution in [2.24, 2.45) is 0 Å². The van der Waals surface area contributed by atoms with Crippen molar-refractivity contribution < 1.29 is 18.9 Å². The first-order valence-corrected chi connectivity index (χ1v) is 10.8. The van der Waals surface area contributed by atoms with Crippen molar-refractivity contribution in [1.29, 1.82) is 0 Å². The second-order valence-corrected chi connectivity index (χ2v) is 7.80. The number of nitrogens with one attached hydrogen (secondary N) is 1. The lowest BCUT2D eigenvalue weighted by atomic mass is 9.92. The molecule has 0 fully saturated rings. The molecule has 30 heavy (non-hydrogen) atoms. The molecule has 1 atom stereocenters. The maximum absolute atomic E-state index is 5.98. The van der Waals surface area contributed by atoms with Gasteiger partial charge in [0.1, 0.15) is 13.2 Å². The Morgan fingerprint density at radius 1 is 1.10 bits per heavy atom. The Kier molecular flexibility index (Phi) is 6.48. The number of ether oxygens (including phenoxy) is 4. The van der Waals surface area contributed by atoms with E-state index >= 15 is 0 Å². The van der Waals surface area contributed by atoms with Crippen LogP contribution in [0.25, 0.3) is 6.08 Å². The molecule has 0 saturated carbocycles. The minimum atomic E-state index is 0.125. The van der Waals surface area contributed by atoms with E-state index in [-0.39, 0.29) is 6.04 Å². The van der Waals surface area contributed by atoms with E-state index in [4.69, 9.17) is 18.9 Å². The van der Waals surface area contributed by atoms with Gasteiger partial charge in [-0.3, -0.25) is 0 Å². The van der Waals surface area contributed by atoms with Crippen LogP contribution in [0.5, 0.6) is 23.0 Å². The molecule has 2 aromatic carbocycles. The summed E-state index contributed by atoms with van der Waals surface area (Å²) in [7, 11) is 1.70. The molecule has 160 valence electrons. The van der Waals surface area contributed by atoms with Crippen LogP contribution in [0.4, 0.5) is 0 Å². The van der Waals surface area contributed by atoms with Gasteiger partial charge >= 0.3 is 0 Å². The van der Waals surface area contributed by atoms with Gasteiger partial charge in [-0.15, -0.1) is 0 Å². The molecule has 4 rings (SSSR count). The quantitative estimate of drug-likeness (QED) is 0.662. The Morgan fingerprint density at radius 3 is 2.67 bits per heavy atom. The number of benzene rings is 2. The van der Waals surface area contributed by atoms with Crippen LogP contribution < -0.4 is 24.3 Å². The van der Waals surface area contributed by atoms with Crippen LogP contribution in [0, 0.1) is 6.92 Å².